The van der Waals surface area contributed by atoms with Crippen LogP contribution in [0.15, 0.2) is 12.1 Å². The highest BCUT2D eigenvalue weighted by Crippen LogP contribution is 2.56. The molecule has 2 aliphatic heterocycles. The molecule has 1 saturated heterocycles. The molecule has 1 aromatic rings. The fourth-order valence-corrected chi connectivity index (χ4v) is 3.36. The van der Waals surface area contributed by atoms with Gasteiger partial charge >= 0.3 is 0 Å². The number of fused-ring (bicyclic) bond motifs is 2. The van der Waals surface area contributed by atoms with Crippen molar-refractivity contribution in [1.29, 1.82) is 0 Å². The molecule has 1 aliphatic carbocycles. The number of aromatic nitrogens is 1. The quantitative estimate of drug-likeness (QED) is 0.679. The predicted molar refractivity (Wildman–Crippen MR) is 56.4 cm³/mol. The highest BCUT2D eigenvalue weighted by molar-refractivity contribution is 6.29. The Hall–Kier alpha value is -0.800. The van der Waals surface area contributed by atoms with Crippen molar-refractivity contribution in [3.8, 4) is 5.88 Å². The van der Waals surface area contributed by atoms with Gasteiger partial charge in [-0.15, -0.1) is 0 Å². The first-order chi connectivity index (χ1) is 7.29. The van der Waals surface area contributed by atoms with Crippen LogP contribution in [0.1, 0.15) is 24.3 Å². The number of hydrogen-bond donors (Lipinski definition) is 1. The van der Waals surface area contributed by atoms with E-state index < -0.39 is 0 Å². The van der Waals surface area contributed by atoms with Crippen LogP contribution in [0.2, 0.25) is 5.15 Å². The molecule has 3 atom stereocenters. The van der Waals surface area contributed by atoms with Crippen molar-refractivity contribution in [2.75, 3.05) is 6.54 Å². The van der Waals surface area contributed by atoms with E-state index in [0.29, 0.717) is 17.1 Å². The third-order valence-corrected chi connectivity index (χ3v) is 4.30. The summed E-state index contributed by atoms with van der Waals surface area (Å²) in [5, 5.41) is 4.04. The van der Waals surface area contributed by atoms with Gasteiger partial charge in [0.15, 0.2) is 0 Å². The summed E-state index contributed by atoms with van der Waals surface area (Å²) < 4.78 is 6.04. The second-order valence-electron chi connectivity index (χ2n) is 4.64. The number of rotatable bonds is 0. The van der Waals surface area contributed by atoms with Gasteiger partial charge in [-0.2, -0.15) is 0 Å². The van der Waals surface area contributed by atoms with Gasteiger partial charge in [0.05, 0.1) is 0 Å². The van der Waals surface area contributed by atoms with Crippen LogP contribution in [-0.2, 0) is 0 Å². The van der Waals surface area contributed by atoms with Crippen molar-refractivity contribution in [2.45, 2.75) is 30.4 Å². The highest BCUT2D eigenvalue weighted by Gasteiger charge is 2.63. The Labute approximate surface area is 92.8 Å². The van der Waals surface area contributed by atoms with Gasteiger partial charge < -0.3 is 10.1 Å². The molecule has 15 heavy (non-hydrogen) atoms. The SMILES string of the molecule is Clc1ccc2c(n1)OC13CC[C@@H]1NC[C@@H]23. The molecule has 0 amide bonds. The lowest BCUT2D eigenvalue weighted by Crippen LogP contribution is -2.56. The zero-order valence-electron chi connectivity index (χ0n) is 8.16. The van der Waals surface area contributed by atoms with Crippen LogP contribution in [-0.4, -0.2) is 23.2 Å². The molecule has 1 aromatic heterocycles. The molecule has 3 nitrogen and oxygen atoms in total. The zero-order valence-corrected chi connectivity index (χ0v) is 8.92. The summed E-state index contributed by atoms with van der Waals surface area (Å²) in [4.78, 5) is 4.27. The third kappa shape index (κ3) is 0.848. The monoisotopic (exact) mass is 222 g/mol. The normalized spacial score (nSPS) is 40.1. The van der Waals surface area contributed by atoms with Crippen LogP contribution >= 0.6 is 11.6 Å². The van der Waals surface area contributed by atoms with Gasteiger partial charge in [-0.3, -0.25) is 0 Å². The molecule has 0 aromatic carbocycles. The minimum Gasteiger partial charge on any atom is -0.468 e. The van der Waals surface area contributed by atoms with E-state index in [2.05, 4.69) is 16.4 Å². The summed E-state index contributed by atoms with van der Waals surface area (Å²) in [6, 6.07) is 4.44. The van der Waals surface area contributed by atoms with E-state index in [1.807, 2.05) is 6.07 Å². The predicted octanol–water partition coefficient (Wildman–Crippen LogP) is 1.72. The molecule has 1 N–H and O–H groups in total. The van der Waals surface area contributed by atoms with Crippen molar-refractivity contribution >= 4 is 11.6 Å². The summed E-state index contributed by atoms with van der Waals surface area (Å²) in [5.74, 6) is 1.25. The van der Waals surface area contributed by atoms with E-state index in [1.165, 1.54) is 12.0 Å². The molecule has 3 heterocycles. The Kier molecular flexibility index (Phi) is 1.38. The highest BCUT2D eigenvalue weighted by atomic mass is 35.5. The third-order valence-electron chi connectivity index (χ3n) is 4.09. The van der Waals surface area contributed by atoms with Gasteiger partial charge in [-0.05, 0) is 18.9 Å². The Morgan fingerprint density at radius 3 is 3.27 bits per heavy atom. The first kappa shape index (κ1) is 8.36. The van der Waals surface area contributed by atoms with E-state index in [1.54, 1.807) is 0 Å². The lowest BCUT2D eigenvalue weighted by Gasteiger charge is -2.43. The molecule has 4 rings (SSSR count). The second-order valence-corrected chi connectivity index (χ2v) is 5.02. The average Bonchev–Trinajstić information content (AvgIpc) is 2.63. The molecule has 3 aliphatic rings. The molecule has 1 saturated carbocycles. The van der Waals surface area contributed by atoms with Crippen molar-refractivity contribution in [3.63, 3.8) is 0 Å². The standard InChI is InChI=1S/C11H11ClN2O/c12-9-2-1-6-7-5-13-8-3-4-11(7,8)15-10(6)14-9/h1-2,7-8,13H,3-5H2/t7-,8-,11?/m0/s1. The second kappa shape index (κ2) is 2.47. The van der Waals surface area contributed by atoms with Crippen molar-refractivity contribution in [1.82, 2.24) is 10.3 Å². The first-order valence-corrected chi connectivity index (χ1v) is 5.76. The maximum atomic E-state index is 6.04. The van der Waals surface area contributed by atoms with Gasteiger partial charge in [0, 0.05) is 24.1 Å². The van der Waals surface area contributed by atoms with Crippen LogP contribution in [0.5, 0.6) is 5.88 Å². The molecule has 1 unspecified atom stereocenters. The van der Waals surface area contributed by atoms with Gasteiger partial charge in [0.1, 0.15) is 10.8 Å². The molecule has 78 valence electrons. The Morgan fingerprint density at radius 2 is 2.47 bits per heavy atom. The van der Waals surface area contributed by atoms with Crippen LogP contribution in [0.3, 0.4) is 0 Å². The van der Waals surface area contributed by atoms with Crippen LogP contribution in [0.25, 0.3) is 0 Å². The van der Waals surface area contributed by atoms with Crippen molar-refractivity contribution in [2.24, 2.45) is 0 Å². The number of hydrogen-bond acceptors (Lipinski definition) is 3. The number of pyridine rings is 1. The van der Waals surface area contributed by atoms with Crippen LogP contribution in [0.4, 0.5) is 0 Å². The molecular formula is C11H11ClN2O. The molecule has 0 bridgehead atoms. The van der Waals surface area contributed by atoms with Crippen LogP contribution < -0.4 is 10.1 Å². The smallest absolute Gasteiger partial charge is 0.219 e. The van der Waals surface area contributed by atoms with Crippen molar-refractivity contribution in [3.05, 3.63) is 22.8 Å². The van der Waals surface area contributed by atoms with E-state index in [9.17, 15) is 0 Å². The minimum absolute atomic E-state index is 0.0139. The van der Waals surface area contributed by atoms with Gasteiger partial charge in [-0.1, -0.05) is 17.7 Å². The van der Waals surface area contributed by atoms with E-state index >= 15 is 0 Å². The summed E-state index contributed by atoms with van der Waals surface area (Å²) in [7, 11) is 0. The molecule has 1 spiro atoms. The Morgan fingerprint density at radius 1 is 1.53 bits per heavy atom. The lowest BCUT2D eigenvalue weighted by atomic mass is 9.70. The maximum Gasteiger partial charge on any atom is 0.219 e. The topological polar surface area (TPSA) is 34.1 Å². The zero-order chi connectivity index (χ0) is 10.0. The largest absolute Gasteiger partial charge is 0.468 e. The summed E-state index contributed by atoms with van der Waals surface area (Å²) in [6.45, 7) is 1.01. The summed E-state index contributed by atoms with van der Waals surface area (Å²) in [6.07, 6.45) is 2.36. The molecule has 0 radical (unpaired) electrons. The number of ether oxygens (including phenoxy) is 1. The number of nitrogens with one attached hydrogen (secondary N) is 1. The maximum absolute atomic E-state index is 6.04. The number of halogens is 1. The lowest BCUT2D eigenvalue weighted by molar-refractivity contribution is -0.0116. The first-order valence-electron chi connectivity index (χ1n) is 5.38. The number of nitrogens with zero attached hydrogens (tertiary/aromatic N) is 1. The molecule has 2 fully saturated rings. The molecular weight excluding hydrogens is 212 g/mol. The Balaban J connectivity index is 1.87. The van der Waals surface area contributed by atoms with Gasteiger partial charge in [0.2, 0.25) is 5.88 Å². The van der Waals surface area contributed by atoms with E-state index in [-0.39, 0.29) is 5.60 Å². The average molecular weight is 223 g/mol. The fourth-order valence-electron chi connectivity index (χ4n) is 3.22. The van der Waals surface area contributed by atoms with E-state index in [0.717, 1.165) is 18.8 Å². The molecule has 4 heteroatoms. The van der Waals surface area contributed by atoms with E-state index in [4.69, 9.17) is 16.3 Å². The Bertz CT molecular complexity index is 450. The summed E-state index contributed by atoms with van der Waals surface area (Å²) in [5.41, 5.74) is 1.24. The van der Waals surface area contributed by atoms with Gasteiger partial charge in [0.25, 0.3) is 0 Å². The minimum atomic E-state index is 0.0139. The van der Waals surface area contributed by atoms with Gasteiger partial charge in [-0.25, -0.2) is 4.98 Å². The fraction of sp³-hybridized carbons (Fsp3) is 0.545. The van der Waals surface area contributed by atoms with Crippen LogP contribution in [0, 0.1) is 0 Å². The van der Waals surface area contributed by atoms with Crippen molar-refractivity contribution < 1.29 is 4.74 Å². The summed E-state index contributed by atoms with van der Waals surface area (Å²) >= 11 is 5.87.